The zero-order valence-corrected chi connectivity index (χ0v) is 16.1. The zero-order valence-electron chi connectivity index (χ0n) is 14.6. The van der Waals surface area contributed by atoms with E-state index < -0.39 is 11.8 Å². The van der Waals surface area contributed by atoms with Gasteiger partial charge in [0.05, 0.1) is 26.9 Å². The van der Waals surface area contributed by atoms with Gasteiger partial charge in [0.1, 0.15) is 5.75 Å². The van der Waals surface area contributed by atoms with Crippen LogP contribution >= 0.6 is 23.2 Å². The van der Waals surface area contributed by atoms with Crippen molar-refractivity contribution in [1.29, 1.82) is 0 Å². The fourth-order valence-electron chi connectivity index (χ4n) is 2.95. The third-order valence-corrected chi connectivity index (χ3v) is 4.87. The predicted octanol–water partition coefficient (Wildman–Crippen LogP) is 5.94. The Morgan fingerprint density at radius 1 is 1.04 bits per heavy atom. The average molecular weight is 406 g/mol. The third kappa shape index (κ3) is 3.77. The monoisotopic (exact) mass is 405 g/mol. The Labute approximate surface area is 165 Å². The van der Waals surface area contributed by atoms with E-state index in [2.05, 4.69) is 15.2 Å². The van der Waals surface area contributed by atoms with E-state index in [-0.39, 0.29) is 23.2 Å². The first-order valence-electron chi connectivity index (χ1n) is 8.22. The molecule has 3 rings (SSSR count). The first kappa shape index (κ1) is 19.2. The molecule has 8 heteroatoms. The smallest absolute Gasteiger partial charge is 0.272 e. The van der Waals surface area contributed by atoms with Crippen molar-refractivity contribution >= 4 is 45.7 Å². The van der Waals surface area contributed by atoms with Crippen molar-refractivity contribution in [3.8, 4) is 11.6 Å². The Bertz CT molecular complexity index is 1030. The average Bonchev–Trinajstić information content (AvgIpc) is 2.95. The molecule has 1 amide bonds. The molecular formula is C19H17Cl2N3O3. The van der Waals surface area contributed by atoms with E-state index in [1.807, 2.05) is 13.8 Å². The summed E-state index contributed by atoms with van der Waals surface area (Å²) >= 11 is 12.3. The molecule has 6 nitrogen and oxygen atoms in total. The number of rotatable bonds is 4. The number of aromatic hydroxyl groups is 2. The fourth-order valence-corrected chi connectivity index (χ4v) is 3.41. The number of aromatic nitrogens is 1. The predicted molar refractivity (Wildman–Crippen MR) is 105 cm³/mol. The number of carbonyl (C=O) groups excluding carboxylic acids is 1. The summed E-state index contributed by atoms with van der Waals surface area (Å²) < 4.78 is 0. The van der Waals surface area contributed by atoms with Gasteiger partial charge in [-0.25, -0.2) is 0 Å². The van der Waals surface area contributed by atoms with E-state index in [4.69, 9.17) is 23.2 Å². The maximum atomic E-state index is 12.7. The number of benzene rings is 2. The number of carbonyl (C=O) groups is 1. The number of H-pyrrole nitrogens is 1. The summed E-state index contributed by atoms with van der Waals surface area (Å²) in [6, 6.07) is 9.55. The highest BCUT2D eigenvalue weighted by molar-refractivity contribution is 6.41. The summed E-state index contributed by atoms with van der Waals surface area (Å²) in [5.41, 5.74) is 1.19. The molecule has 0 bridgehead atoms. The van der Waals surface area contributed by atoms with Crippen LogP contribution in [0.1, 0.15) is 25.3 Å². The van der Waals surface area contributed by atoms with Crippen molar-refractivity contribution < 1.29 is 15.0 Å². The molecule has 0 aliphatic heterocycles. The van der Waals surface area contributed by atoms with E-state index >= 15 is 0 Å². The Hall–Kier alpha value is -2.57. The third-order valence-electron chi connectivity index (χ3n) is 4.24. The molecule has 1 heterocycles. The van der Waals surface area contributed by atoms with Crippen LogP contribution in [0, 0.1) is 5.92 Å². The van der Waals surface area contributed by atoms with Crippen molar-refractivity contribution in [2.45, 2.75) is 19.8 Å². The molecule has 0 radical (unpaired) electrons. The van der Waals surface area contributed by atoms with Gasteiger partial charge in [-0.05, 0) is 35.7 Å². The quantitative estimate of drug-likeness (QED) is 0.468. The molecule has 0 aliphatic carbocycles. The molecule has 27 heavy (non-hydrogen) atoms. The fraction of sp³-hybridized carbons (Fsp3) is 0.211. The normalized spacial score (nSPS) is 12.9. The molecule has 1 atom stereocenters. The molecule has 1 unspecified atom stereocenters. The minimum absolute atomic E-state index is 0.0457. The molecule has 3 N–H and O–H groups in total. The van der Waals surface area contributed by atoms with Crippen molar-refractivity contribution in [3.63, 3.8) is 0 Å². The lowest BCUT2D eigenvalue weighted by atomic mass is 9.88. The van der Waals surface area contributed by atoms with E-state index in [1.54, 1.807) is 24.3 Å². The standard InChI is InChI=1S/C19H17Cl2N3O3/c1-9(2)14(10-3-5-11(25)6-4-10)18(26)24-23-17-15-12(20)7-8-13(21)16(15)22-19(17)27/h3-9,14,22,25,27H,1-2H3. The minimum atomic E-state index is -0.541. The first-order valence-corrected chi connectivity index (χ1v) is 8.98. The van der Waals surface area contributed by atoms with Crippen molar-refractivity contribution in [1.82, 2.24) is 4.98 Å². The molecule has 0 aliphatic rings. The summed E-state index contributed by atoms with van der Waals surface area (Å²) in [4.78, 5) is 15.4. The van der Waals surface area contributed by atoms with Crippen LogP contribution in [0.5, 0.6) is 11.6 Å². The number of azo groups is 1. The van der Waals surface area contributed by atoms with Crippen molar-refractivity contribution in [2.75, 3.05) is 0 Å². The number of halogens is 2. The summed E-state index contributed by atoms with van der Waals surface area (Å²) in [7, 11) is 0. The van der Waals surface area contributed by atoms with Crippen LogP contribution in [0.4, 0.5) is 5.69 Å². The SMILES string of the molecule is CC(C)C(C(=O)N=Nc1c(O)[nH]c2c(Cl)ccc(Cl)c12)c1ccc(O)cc1. The van der Waals surface area contributed by atoms with Gasteiger partial charge >= 0.3 is 0 Å². The first-order chi connectivity index (χ1) is 12.8. The van der Waals surface area contributed by atoms with Crippen LogP contribution in [0.15, 0.2) is 46.6 Å². The number of phenolic OH excluding ortho intramolecular Hbond substituents is 1. The van der Waals surface area contributed by atoms with Crippen LogP contribution in [0.25, 0.3) is 10.9 Å². The summed E-state index contributed by atoms with van der Waals surface area (Å²) in [6.07, 6.45) is 0. The molecule has 140 valence electrons. The van der Waals surface area contributed by atoms with E-state index in [1.165, 1.54) is 12.1 Å². The second-order valence-electron chi connectivity index (χ2n) is 6.45. The van der Waals surface area contributed by atoms with Crippen LogP contribution in [0.2, 0.25) is 10.0 Å². The zero-order chi connectivity index (χ0) is 19.7. The van der Waals surface area contributed by atoms with Gasteiger partial charge in [0.15, 0.2) is 5.69 Å². The van der Waals surface area contributed by atoms with Crippen molar-refractivity contribution in [2.24, 2.45) is 16.1 Å². The lowest BCUT2D eigenvalue weighted by molar-refractivity contribution is -0.120. The summed E-state index contributed by atoms with van der Waals surface area (Å²) in [5.74, 6) is -1.22. The molecule has 1 aromatic heterocycles. The van der Waals surface area contributed by atoms with E-state index in [0.717, 1.165) is 5.56 Å². The molecule has 0 saturated heterocycles. The van der Waals surface area contributed by atoms with E-state index in [9.17, 15) is 15.0 Å². The van der Waals surface area contributed by atoms with Gasteiger partial charge in [0, 0.05) is 0 Å². The second kappa shape index (κ2) is 7.58. The van der Waals surface area contributed by atoms with Crippen LogP contribution < -0.4 is 0 Å². The van der Waals surface area contributed by atoms with E-state index in [0.29, 0.717) is 20.9 Å². The number of fused-ring (bicyclic) bond motifs is 1. The van der Waals surface area contributed by atoms with Gasteiger partial charge < -0.3 is 15.2 Å². The molecule has 2 aromatic carbocycles. The van der Waals surface area contributed by atoms with Gasteiger partial charge in [-0.3, -0.25) is 4.79 Å². The highest BCUT2D eigenvalue weighted by Gasteiger charge is 2.25. The molecule has 0 spiro atoms. The van der Waals surface area contributed by atoms with Crippen LogP contribution in [0.3, 0.4) is 0 Å². The summed E-state index contributed by atoms with van der Waals surface area (Å²) in [5, 5.41) is 28.4. The highest BCUT2D eigenvalue weighted by Crippen LogP contribution is 2.42. The van der Waals surface area contributed by atoms with Gasteiger partial charge in [0.2, 0.25) is 5.88 Å². The Morgan fingerprint density at radius 3 is 2.30 bits per heavy atom. The number of nitrogens with one attached hydrogen (secondary N) is 1. The number of phenols is 1. The summed E-state index contributed by atoms with van der Waals surface area (Å²) in [6.45, 7) is 3.79. The molecule has 3 aromatic rings. The minimum Gasteiger partial charge on any atom is -0.508 e. The van der Waals surface area contributed by atoms with Gasteiger partial charge in [-0.15, -0.1) is 10.2 Å². The molecular weight excluding hydrogens is 389 g/mol. The second-order valence-corrected chi connectivity index (χ2v) is 7.27. The van der Waals surface area contributed by atoms with Crippen LogP contribution in [-0.4, -0.2) is 21.1 Å². The number of hydrogen-bond donors (Lipinski definition) is 3. The van der Waals surface area contributed by atoms with Gasteiger partial charge in [0.25, 0.3) is 5.91 Å². The number of hydrogen-bond acceptors (Lipinski definition) is 4. The van der Waals surface area contributed by atoms with Gasteiger partial charge in [-0.2, -0.15) is 0 Å². The topological polar surface area (TPSA) is 98.0 Å². The maximum Gasteiger partial charge on any atom is 0.272 e. The highest BCUT2D eigenvalue weighted by atomic mass is 35.5. The number of amides is 1. The maximum absolute atomic E-state index is 12.7. The van der Waals surface area contributed by atoms with Crippen LogP contribution in [-0.2, 0) is 4.79 Å². The molecule has 0 fully saturated rings. The number of nitrogens with zero attached hydrogens (tertiary/aromatic N) is 2. The number of aromatic amines is 1. The lowest BCUT2D eigenvalue weighted by Crippen LogP contribution is -2.16. The van der Waals surface area contributed by atoms with Gasteiger partial charge in [-0.1, -0.05) is 49.2 Å². The molecule has 0 saturated carbocycles. The Kier molecular flexibility index (Phi) is 5.39. The Balaban J connectivity index is 1.98. The lowest BCUT2D eigenvalue weighted by Gasteiger charge is -2.17. The Morgan fingerprint density at radius 2 is 1.67 bits per heavy atom. The van der Waals surface area contributed by atoms with Crippen molar-refractivity contribution in [3.05, 3.63) is 52.0 Å². The largest absolute Gasteiger partial charge is 0.508 e.